The van der Waals surface area contributed by atoms with Crippen LogP contribution in [0.5, 0.6) is 0 Å². The molecule has 2 N–H and O–H groups in total. The van der Waals surface area contributed by atoms with E-state index in [1.54, 1.807) is 6.92 Å². The normalized spacial score (nSPS) is 12.2. The van der Waals surface area contributed by atoms with Crippen molar-refractivity contribution < 1.29 is 19.1 Å². The largest absolute Gasteiger partial charge is 0.480 e. The second-order valence-corrected chi connectivity index (χ2v) is 5.97. The summed E-state index contributed by atoms with van der Waals surface area (Å²) in [5.41, 5.74) is 1.21. The van der Waals surface area contributed by atoms with E-state index in [-0.39, 0.29) is 17.4 Å². The monoisotopic (exact) mass is 334 g/mol. The number of nitrogens with one attached hydrogen (secondary N) is 1. The highest BCUT2D eigenvalue weighted by atomic mass is 19.1. The summed E-state index contributed by atoms with van der Waals surface area (Å²) in [6.07, 6.45) is 1.69. The van der Waals surface area contributed by atoms with Gasteiger partial charge in [0.05, 0.1) is 11.9 Å². The van der Waals surface area contributed by atoms with Gasteiger partial charge in [0.2, 0.25) is 0 Å². The second-order valence-electron chi connectivity index (χ2n) is 5.97. The molecule has 0 aliphatic carbocycles. The SMILES string of the molecule is Cc1cc(F)ccc1-n1cc(C(=O)NC(CC(C)C)C(=O)O)nn1. The number of benzene rings is 1. The van der Waals surface area contributed by atoms with Crippen molar-refractivity contribution in [1.82, 2.24) is 20.3 Å². The van der Waals surface area contributed by atoms with Crippen molar-refractivity contribution in [2.75, 3.05) is 0 Å². The first kappa shape index (κ1) is 17.6. The molecule has 0 spiro atoms. The minimum atomic E-state index is -1.10. The Morgan fingerprint density at radius 2 is 2.08 bits per heavy atom. The van der Waals surface area contributed by atoms with Crippen molar-refractivity contribution in [1.29, 1.82) is 0 Å². The number of nitrogens with zero attached hydrogens (tertiary/aromatic N) is 3. The first-order valence-electron chi connectivity index (χ1n) is 7.50. The van der Waals surface area contributed by atoms with Crippen LogP contribution in [0.15, 0.2) is 24.4 Å². The Labute approximate surface area is 138 Å². The second kappa shape index (κ2) is 7.20. The van der Waals surface area contributed by atoms with Gasteiger partial charge in [0, 0.05) is 0 Å². The minimum absolute atomic E-state index is 0.00580. The van der Waals surface area contributed by atoms with Gasteiger partial charge in [0.15, 0.2) is 5.69 Å². The van der Waals surface area contributed by atoms with Crippen molar-refractivity contribution in [2.24, 2.45) is 5.92 Å². The maximum Gasteiger partial charge on any atom is 0.326 e. The molecule has 8 heteroatoms. The molecule has 2 aromatic rings. The lowest BCUT2D eigenvalue weighted by Gasteiger charge is -2.15. The predicted molar refractivity (Wildman–Crippen MR) is 84.4 cm³/mol. The van der Waals surface area contributed by atoms with Gasteiger partial charge in [-0.1, -0.05) is 19.1 Å². The standard InChI is InChI=1S/C16H19FN4O3/c1-9(2)6-12(16(23)24)18-15(22)13-8-21(20-19-13)14-5-4-11(17)7-10(14)3/h4-5,7-9,12H,6H2,1-3H3,(H,18,22)(H,23,24). The molecule has 0 radical (unpaired) electrons. The van der Waals surface area contributed by atoms with Gasteiger partial charge >= 0.3 is 5.97 Å². The third-order valence-electron chi connectivity index (χ3n) is 3.44. The number of hydrogen-bond acceptors (Lipinski definition) is 4. The van der Waals surface area contributed by atoms with E-state index < -0.39 is 17.9 Å². The average Bonchev–Trinajstić information content (AvgIpc) is 2.95. The molecular formula is C16H19FN4O3. The van der Waals surface area contributed by atoms with Crippen molar-refractivity contribution >= 4 is 11.9 Å². The molecule has 0 aliphatic heterocycles. The van der Waals surface area contributed by atoms with Gasteiger partial charge in [-0.05, 0) is 43.0 Å². The number of aromatic nitrogens is 3. The van der Waals surface area contributed by atoms with Gasteiger partial charge in [-0.3, -0.25) is 4.79 Å². The smallest absolute Gasteiger partial charge is 0.326 e. The molecule has 7 nitrogen and oxygen atoms in total. The molecule has 0 aliphatic rings. The van der Waals surface area contributed by atoms with E-state index in [0.717, 1.165) is 0 Å². The van der Waals surface area contributed by atoms with E-state index >= 15 is 0 Å². The fourth-order valence-corrected chi connectivity index (χ4v) is 2.29. The number of hydrogen-bond donors (Lipinski definition) is 2. The third kappa shape index (κ3) is 4.15. The zero-order valence-corrected chi connectivity index (χ0v) is 13.7. The summed E-state index contributed by atoms with van der Waals surface area (Å²) in [5.74, 6) is -1.97. The summed E-state index contributed by atoms with van der Waals surface area (Å²) in [5, 5.41) is 19.2. The predicted octanol–water partition coefficient (Wildman–Crippen LogP) is 1.94. The Balaban J connectivity index is 2.17. The summed E-state index contributed by atoms with van der Waals surface area (Å²) in [6.45, 7) is 5.45. The van der Waals surface area contributed by atoms with Gasteiger partial charge in [-0.2, -0.15) is 0 Å². The van der Waals surface area contributed by atoms with Gasteiger partial charge in [0.25, 0.3) is 5.91 Å². The number of aliphatic carboxylic acids is 1. The fourth-order valence-electron chi connectivity index (χ4n) is 2.29. The molecule has 0 fully saturated rings. The highest BCUT2D eigenvalue weighted by molar-refractivity contribution is 5.94. The maximum absolute atomic E-state index is 13.2. The van der Waals surface area contributed by atoms with Crippen LogP contribution >= 0.6 is 0 Å². The van der Waals surface area contributed by atoms with Crippen molar-refractivity contribution in [3.05, 3.63) is 41.5 Å². The quantitative estimate of drug-likeness (QED) is 0.841. The number of carboxylic acid groups (broad SMARTS) is 1. The maximum atomic E-state index is 13.2. The first-order valence-corrected chi connectivity index (χ1v) is 7.50. The lowest BCUT2D eigenvalue weighted by molar-refractivity contribution is -0.139. The number of aryl methyl sites for hydroxylation is 1. The summed E-state index contributed by atoms with van der Waals surface area (Å²) in [6, 6.07) is 3.17. The molecule has 128 valence electrons. The van der Waals surface area contributed by atoms with Gasteiger partial charge in [-0.25, -0.2) is 13.9 Å². The number of amides is 1. The molecular weight excluding hydrogens is 315 g/mol. The van der Waals surface area contributed by atoms with Gasteiger partial charge < -0.3 is 10.4 Å². The fraction of sp³-hybridized carbons (Fsp3) is 0.375. The zero-order chi connectivity index (χ0) is 17.9. The molecule has 24 heavy (non-hydrogen) atoms. The van der Waals surface area contributed by atoms with Crippen LogP contribution in [0.4, 0.5) is 4.39 Å². The molecule has 1 amide bonds. The third-order valence-corrected chi connectivity index (χ3v) is 3.44. The number of carbonyl (C=O) groups is 2. The van der Waals surface area contributed by atoms with Crippen molar-refractivity contribution in [3.63, 3.8) is 0 Å². The Morgan fingerprint density at radius 1 is 1.38 bits per heavy atom. The average molecular weight is 334 g/mol. The molecule has 1 aromatic carbocycles. The number of carboxylic acids is 1. The Morgan fingerprint density at radius 3 is 2.67 bits per heavy atom. The Hall–Kier alpha value is -2.77. The molecule has 1 aromatic heterocycles. The zero-order valence-electron chi connectivity index (χ0n) is 13.7. The van der Waals surface area contributed by atoms with Crippen LogP contribution < -0.4 is 5.32 Å². The first-order chi connectivity index (χ1) is 11.3. The highest BCUT2D eigenvalue weighted by Gasteiger charge is 2.23. The number of carbonyl (C=O) groups excluding carboxylic acids is 1. The number of halogens is 1. The van der Waals surface area contributed by atoms with Crippen LogP contribution in [0.2, 0.25) is 0 Å². The van der Waals surface area contributed by atoms with E-state index in [9.17, 15) is 19.1 Å². The van der Waals surface area contributed by atoms with Crippen LogP contribution in [-0.2, 0) is 4.79 Å². The Kier molecular flexibility index (Phi) is 5.28. The molecule has 0 saturated heterocycles. The highest BCUT2D eigenvalue weighted by Crippen LogP contribution is 2.14. The van der Waals surface area contributed by atoms with Crippen LogP contribution in [0, 0.1) is 18.7 Å². The van der Waals surface area contributed by atoms with E-state index in [4.69, 9.17) is 0 Å². The lowest BCUT2D eigenvalue weighted by atomic mass is 10.0. The topological polar surface area (TPSA) is 97.1 Å². The molecule has 2 rings (SSSR count). The molecule has 0 saturated carbocycles. The molecule has 1 atom stereocenters. The summed E-state index contributed by atoms with van der Waals surface area (Å²) >= 11 is 0. The molecule has 1 heterocycles. The van der Waals surface area contributed by atoms with E-state index in [2.05, 4.69) is 15.6 Å². The Bertz CT molecular complexity index is 758. The van der Waals surface area contributed by atoms with Crippen molar-refractivity contribution in [3.8, 4) is 5.69 Å². The number of rotatable bonds is 6. The van der Waals surface area contributed by atoms with Crippen LogP contribution in [0.25, 0.3) is 5.69 Å². The van der Waals surface area contributed by atoms with Crippen LogP contribution in [0.1, 0.15) is 36.3 Å². The van der Waals surface area contributed by atoms with E-state index in [1.807, 2.05) is 13.8 Å². The van der Waals surface area contributed by atoms with Crippen molar-refractivity contribution in [2.45, 2.75) is 33.2 Å². The minimum Gasteiger partial charge on any atom is -0.480 e. The van der Waals surface area contributed by atoms with Gasteiger partial charge in [-0.15, -0.1) is 5.10 Å². The lowest BCUT2D eigenvalue weighted by Crippen LogP contribution is -2.41. The van der Waals surface area contributed by atoms with E-state index in [0.29, 0.717) is 17.7 Å². The van der Waals surface area contributed by atoms with Crippen LogP contribution in [-0.4, -0.2) is 38.0 Å². The summed E-state index contributed by atoms with van der Waals surface area (Å²) in [4.78, 5) is 23.4. The van der Waals surface area contributed by atoms with Crippen LogP contribution in [0.3, 0.4) is 0 Å². The van der Waals surface area contributed by atoms with Gasteiger partial charge in [0.1, 0.15) is 11.9 Å². The van der Waals surface area contributed by atoms with E-state index in [1.165, 1.54) is 29.1 Å². The molecule has 1 unspecified atom stereocenters. The summed E-state index contributed by atoms with van der Waals surface area (Å²) < 4.78 is 14.5. The summed E-state index contributed by atoms with van der Waals surface area (Å²) in [7, 11) is 0. The molecule has 0 bridgehead atoms.